The van der Waals surface area contributed by atoms with E-state index < -0.39 is 27.4 Å². The molecule has 2 N–H and O–H groups in total. The summed E-state index contributed by atoms with van der Waals surface area (Å²) in [6.07, 6.45) is 0. The van der Waals surface area contributed by atoms with Crippen molar-refractivity contribution in [1.82, 2.24) is 4.72 Å². The maximum atomic E-state index is 12.8. The van der Waals surface area contributed by atoms with E-state index in [1.165, 1.54) is 31.4 Å². The van der Waals surface area contributed by atoms with Gasteiger partial charge in [-0.3, -0.25) is 4.79 Å². The second-order valence-corrected chi connectivity index (χ2v) is 10.3. The van der Waals surface area contributed by atoms with Crippen molar-refractivity contribution in [2.24, 2.45) is 0 Å². The fourth-order valence-electron chi connectivity index (χ4n) is 3.38. The number of esters is 1. The number of rotatable bonds is 6. The molecule has 1 fully saturated rings. The summed E-state index contributed by atoms with van der Waals surface area (Å²) in [6.45, 7) is 7.84. The van der Waals surface area contributed by atoms with Gasteiger partial charge in [-0.15, -0.1) is 0 Å². The number of anilines is 2. The highest BCUT2D eigenvalue weighted by Crippen LogP contribution is 2.26. The Hall–Kier alpha value is -2.95. The molecule has 0 saturated carbocycles. The molecule has 1 saturated heterocycles. The van der Waals surface area contributed by atoms with Crippen LogP contribution < -0.4 is 14.9 Å². The molecule has 0 bridgehead atoms. The van der Waals surface area contributed by atoms with E-state index in [0.29, 0.717) is 32.0 Å². The third-order valence-corrected chi connectivity index (χ3v) is 6.67. The minimum absolute atomic E-state index is 0.0547. The van der Waals surface area contributed by atoms with E-state index in [0.717, 1.165) is 5.69 Å². The Morgan fingerprint density at radius 1 is 1.03 bits per heavy atom. The minimum atomic E-state index is -3.71. The second kappa shape index (κ2) is 9.90. The first-order valence-corrected chi connectivity index (χ1v) is 12.0. The van der Waals surface area contributed by atoms with Gasteiger partial charge in [-0.1, -0.05) is 0 Å². The lowest BCUT2D eigenvalue weighted by Crippen LogP contribution is -2.40. The summed E-state index contributed by atoms with van der Waals surface area (Å²) in [4.78, 5) is 27.3. The molecule has 10 heteroatoms. The first-order valence-electron chi connectivity index (χ1n) is 10.5. The number of ether oxygens (including phenoxy) is 2. The van der Waals surface area contributed by atoms with Crippen molar-refractivity contribution in [2.75, 3.05) is 43.6 Å². The van der Waals surface area contributed by atoms with Crippen LogP contribution in [0.15, 0.2) is 47.4 Å². The third-order valence-electron chi connectivity index (χ3n) is 4.90. The summed E-state index contributed by atoms with van der Waals surface area (Å²) in [5.74, 6) is -1.05. The SMILES string of the molecule is COC(=O)c1cc(N2CCOCC2)ccc1NC(=O)c1ccc(S(=O)(=O)NC(C)(C)C)cc1. The predicted molar refractivity (Wildman–Crippen MR) is 125 cm³/mol. The van der Waals surface area contributed by atoms with Crippen LogP contribution in [0.5, 0.6) is 0 Å². The third kappa shape index (κ3) is 6.31. The largest absolute Gasteiger partial charge is 0.465 e. The van der Waals surface area contributed by atoms with Gasteiger partial charge in [-0.2, -0.15) is 0 Å². The zero-order chi connectivity index (χ0) is 24.2. The maximum Gasteiger partial charge on any atom is 0.340 e. The molecule has 1 aliphatic heterocycles. The molecule has 1 heterocycles. The van der Waals surface area contributed by atoms with E-state index in [9.17, 15) is 18.0 Å². The molecule has 0 spiro atoms. The molecule has 0 aromatic heterocycles. The number of benzene rings is 2. The van der Waals surface area contributed by atoms with Crippen molar-refractivity contribution in [3.8, 4) is 0 Å². The van der Waals surface area contributed by atoms with Gasteiger partial charge in [0.05, 0.1) is 36.5 Å². The van der Waals surface area contributed by atoms with Crippen LogP contribution in [0.1, 0.15) is 41.5 Å². The van der Waals surface area contributed by atoms with Gasteiger partial charge in [0.25, 0.3) is 5.91 Å². The van der Waals surface area contributed by atoms with E-state index in [1.807, 2.05) is 6.07 Å². The van der Waals surface area contributed by atoms with Gasteiger partial charge in [0, 0.05) is 29.9 Å². The number of morpholine rings is 1. The Labute approximate surface area is 194 Å². The Morgan fingerprint density at radius 3 is 2.24 bits per heavy atom. The van der Waals surface area contributed by atoms with Gasteiger partial charge in [-0.05, 0) is 63.2 Å². The highest BCUT2D eigenvalue weighted by molar-refractivity contribution is 7.89. The van der Waals surface area contributed by atoms with Crippen molar-refractivity contribution >= 4 is 33.3 Å². The molecule has 0 unspecified atom stereocenters. The van der Waals surface area contributed by atoms with Crippen LogP contribution in [0.25, 0.3) is 0 Å². The summed E-state index contributed by atoms with van der Waals surface area (Å²) in [6, 6.07) is 10.7. The highest BCUT2D eigenvalue weighted by atomic mass is 32.2. The first kappa shape index (κ1) is 24.7. The van der Waals surface area contributed by atoms with Gasteiger partial charge >= 0.3 is 5.97 Å². The number of carbonyl (C=O) groups is 2. The molecular formula is C23H29N3O6S. The maximum absolute atomic E-state index is 12.8. The fraction of sp³-hybridized carbons (Fsp3) is 0.391. The first-order chi connectivity index (χ1) is 15.5. The van der Waals surface area contributed by atoms with E-state index in [4.69, 9.17) is 9.47 Å². The smallest absolute Gasteiger partial charge is 0.340 e. The van der Waals surface area contributed by atoms with Crippen LogP contribution in [-0.2, 0) is 19.5 Å². The van der Waals surface area contributed by atoms with Gasteiger partial charge < -0.3 is 19.7 Å². The van der Waals surface area contributed by atoms with Crippen LogP contribution in [0.4, 0.5) is 11.4 Å². The fourth-order valence-corrected chi connectivity index (χ4v) is 4.80. The average Bonchev–Trinajstić information content (AvgIpc) is 2.78. The van der Waals surface area contributed by atoms with E-state index in [-0.39, 0.29) is 16.0 Å². The summed E-state index contributed by atoms with van der Waals surface area (Å²) in [5.41, 5.74) is 0.973. The van der Waals surface area contributed by atoms with Crippen molar-refractivity contribution in [3.05, 3.63) is 53.6 Å². The second-order valence-electron chi connectivity index (χ2n) is 8.65. The Balaban J connectivity index is 1.81. The quantitative estimate of drug-likeness (QED) is 0.618. The van der Waals surface area contributed by atoms with E-state index >= 15 is 0 Å². The molecule has 0 atom stereocenters. The molecular weight excluding hydrogens is 446 g/mol. The molecule has 2 aromatic rings. The number of methoxy groups -OCH3 is 1. The number of nitrogens with zero attached hydrogens (tertiary/aromatic N) is 1. The molecule has 178 valence electrons. The number of amides is 1. The number of sulfonamides is 1. The molecule has 0 radical (unpaired) electrons. The summed E-state index contributed by atoms with van der Waals surface area (Å²) in [5, 5.41) is 2.72. The highest BCUT2D eigenvalue weighted by Gasteiger charge is 2.23. The van der Waals surface area contributed by atoms with Crippen LogP contribution in [-0.4, -0.2) is 59.2 Å². The predicted octanol–water partition coefficient (Wildman–Crippen LogP) is 2.64. The van der Waals surface area contributed by atoms with Gasteiger partial charge in [-0.25, -0.2) is 17.9 Å². The Morgan fingerprint density at radius 2 is 1.67 bits per heavy atom. The van der Waals surface area contributed by atoms with Crippen molar-refractivity contribution < 1.29 is 27.5 Å². The zero-order valence-electron chi connectivity index (χ0n) is 19.2. The number of nitrogens with one attached hydrogen (secondary N) is 2. The molecule has 3 rings (SSSR count). The molecule has 0 aliphatic carbocycles. The van der Waals surface area contributed by atoms with E-state index in [2.05, 4.69) is 14.9 Å². The molecule has 1 amide bonds. The van der Waals surface area contributed by atoms with Gasteiger partial charge in [0.1, 0.15) is 0 Å². The van der Waals surface area contributed by atoms with Crippen LogP contribution in [0.2, 0.25) is 0 Å². The van der Waals surface area contributed by atoms with Crippen molar-refractivity contribution in [3.63, 3.8) is 0 Å². The minimum Gasteiger partial charge on any atom is -0.465 e. The zero-order valence-corrected chi connectivity index (χ0v) is 20.0. The Kier molecular flexibility index (Phi) is 7.41. The lowest BCUT2D eigenvalue weighted by molar-refractivity contribution is 0.0602. The molecule has 1 aliphatic rings. The molecule has 9 nitrogen and oxygen atoms in total. The number of hydrogen-bond acceptors (Lipinski definition) is 7. The van der Waals surface area contributed by atoms with Crippen LogP contribution in [0.3, 0.4) is 0 Å². The lowest BCUT2D eigenvalue weighted by atomic mass is 10.1. The standard InChI is InChI=1S/C23H29N3O6S/c1-23(2,3)25-33(29,30)18-8-5-16(6-9-18)21(27)24-20-10-7-17(15-19(20)22(28)31-4)26-11-13-32-14-12-26/h5-10,15,25H,11-14H2,1-4H3,(H,24,27). The van der Waals surface area contributed by atoms with Gasteiger partial charge in [0.15, 0.2) is 0 Å². The topological polar surface area (TPSA) is 114 Å². The Bertz CT molecular complexity index is 1120. The van der Waals surface area contributed by atoms with Crippen molar-refractivity contribution in [1.29, 1.82) is 0 Å². The lowest BCUT2D eigenvalue weighted by Gasteiger charge is -2.29. The number of carbonyl (C=O) groups excluding carboxylic acids is 2. The molecule has 2 aromatic carbocycles. The molecule has 33 heavy (non-hydrogen) atoms. The summed E-state index contributed by atoms with van der Waals surface area (Å²) in [7, 11) is -2.43. The van der Waals surface area contributed by atoms with Gasteiger partial charge in [0.2, 0.25) is 10.0 Å². The number of hydrogen-bond donors (Lipinski definition) is 2. The monoisotopic (exact) mass is 475 g/mol. The average molecular weight is 476 g/mol. The van der Waals surface area contributed by atoms with Crippen LogP contribution in [0, 0.1) is 0 Å². The van der Waals surface area contributed by atoms with E-state index in [1.54, 1.807) is 32.9 Å². The summed E-state index contributed by atoms with van der Waals surface area (Å²) >= 11 is 0. The van der Waals surface area contributed by atoms with Crippen molar-refractivity contribution in [2.45, 2.75) is 31.2 Å². The normalized spacial score (nSPS) is 14.6. The van der Waals surface area contributed by atoms with Crippen LogP contribution >= 0.6 is 0 Å². The summed E-state index contributed by atoms with van der Waals surface area (Å²) < 4.78 is 37.7.